The Hall–Kier alpha value is -1.40. The first-order valence-corrected chi connectivity index (χ1v) is 6.21. The topological polar surface area (TPSA) is 70.4 Å². The summed E-state index contributed by atoms with van der Waals surface area (Å²) in [7, 11) is 1.79. The van der Waals surface area contributed by atoms with E-state index in [4.69, 9.17) is 5.11 Å². The van der Waals surface area contributed by atoms with Crippen LogP contribution in [0.5, 0.6) is 0 Å². The largest absolute Gasteiger partial charge is 0.478 e. The van der Waals surface area contributed by atoms with E-state index in [1.807, 2.05) is 0 Å². The van der Waals surface area contributed by atoms with Crippen LogP contribution in [0.25, 0.3) is 0 Å². The van der Waals surface area contributed by atoms with Crippen molar-refractivity contribution in [2.75, 3.05) is 13.1 Å². The van der Waals surface area contributed by atoms with Gasteiger partial charge in [0.15, 0.2) is 0 Å². The zero-order valence-electron chi connectivity index (χ0n) is 11.1. The smallest absolute Gasteiger partial charge is 0.339 e. The molecule has 2 atom stereocenters. The van der Waals surface area contributed by atoms with Crippen molar-refractivity contribution in [1.29, 1.82) is 0 Å². The fourth-order valence-electron chi connectivity index (χ4n) is 2.48. The normalized spacial score (nSPS) is 25.3. The number of nitrogens with one attached hydrogen (secondary N) is 1. The van der Waals surface area contributed by atoms with Gasteiger partial charge < -0.3 is 10.4 Å². The van der Waals surface area contributed by atoms with Gasteiger partial charge in [-0.2, -0.15) is 5.10 Å². The van der Waals surface area contributed by atoms with Gasteiger partial charge in [-0.1, -0.05) is 0 Å². The van der Waals surface area contributed by atoms with Crippen molar-refractivity contribution in [3.63, 3.8) is 0 Å². The molecule has 2 unspecified atom stereocenters. The quantitative estimate of drug-likeness (QED) is 0.809. The van der Waals surface area contributed by atoms with Gasteiger partial charge in [-0.25, -0.2) is 4.79 Å². The Kier molecular flexibility index (Phi) is 3.68. The lowest BCUT2D eigenvalue weighted by molar-refractivity contribution is 0.0688. The number of rotatable bonds is 3. The van der Waals surface area contributed by atoms with Gasteiger partial charge in [0.05, 0.1) is 11.9 Å². The summed E-state index contributed by atoms with van der Waals surface area (Å²) in [5.41, 5.74) is 1.07. The summed E-state index contributed by atoms with van der Waals surface area (Å²) in [6.07, 6.45) is 1.43. The minimum absolute atomic E-state index is 0.301. The molecule has 1 saturated heterocycles. The summed E-state index contributed by atoms with van der Waals surface area (Å²) in [6.45, 7) is 6.80. The van der Waals surface area contributed by atoms with Gasteiger partial charge in [0.25, 0.3) is 0 Å². The van der Waals surface area contributed by atoms with Crippen LogP contribution in [0.3, 0.4) is 0 Å². The highest BCUT2D eigenvalue weighted by molar-refractivity contribution is 5.88. The number of nitrogens with zero attached hydrogens (tertiary/aromatic N) is 3. The SMILES string of the molecule is CC1CNCC(C)N1Cc1c(C(=O)O)cnn1C. The third kappa shape index (κ3) is 2.39. The Labute approximate surface area is 107 Å². The van der Waals surface area contributed by atoms with Crippen LogP contribution in [-0.4, -0.2) is 50.9 Å². The van der Waals surface area contributed by atoms with E-state index in [0.29, 0.717) is 24.2 Å². The Morgan fingerprint density at radius 1 is 1.50 bits per heavy atom. The molecule has 18 heavy (non-hydrogen) atoms. The summed E-state index contributed by atoms with van der Waals surface area (Å²) in [4.78, 5) is 13.5. The molecule has 0 bridgehead atoms. The maximum atomic E-state index is 11.2. The van der Waals surface area contributed by atoms with Gasteiger partial charge in [0.2, 0.25) is 0 Å². The Morgan fingerprint density at radius 2 is 2.11 bits per heavy atom. The lowest BCUT2D eigenvalue weighted by atomic mass is 10.1. The zero-order valence-corrected chi connectivity index (χ0v) is 11.1. The highest BCUT2D eigenvalue weighted by atomic mass is 16.4. The molecule has 0 spiro atoms. The van der Waals surface area contributed by atoms with Gasteiger partial charge >= 0.3 is 5.97 Å². The van der Waals surface area contributed by atoms with Crippen molar-refractivity contribution in [1.82, 2.24) is 20.0 Å². The molecule has 1 aromatic heterocycles. The first-order chi connectivity index (χ1) is 8.50. The molecule has 1 aliphatic rings. The standard InChI is InChI=1S/C12H20N4O2/c1-8-4-13-5-9(2)16(8)7-11-10(12(17)18)6-14-15(11)3/h6,8-9,13H,4-5,7H2,1-3H3,(H,17,18). The molecule has 2 N–H and O–H groups in total. The van der Waals surface area contributed by atoms with Crippen molar-refractivity contribution < 1.29 is 9.90 Å². The number of aromatic nitrogens is 2. The second kappa shape index (κ2) is 5.07. The molecule has 6 nitrogen and oxygen atoms in total. The van der Waals surface area contributed by atoms with Crippen molar-refractivity contribution in [2.45, 2.75) is 32.5 Å². The molecule has 1 fully saturated rings. The number of aryl methyl sites for hydroxylation is 1. The molecule has 0 aliphatic carbocycles. The average molecular weight is 252 g/mol. The second-order valence-corrected chi connectivity index (χ2v) is 4.96. The number of carbonyl (C=O) groups is 1. The molecular weight excluding hydrogens is 232 g/mol. The predicted molar refractivity (Wildman–Crippen MR) is 67.5 cm³/mol. The third-order valence-electron chi connectivity index (χ3n) is 3.64. The van der Waals surface area contributed by atoms with E-state index in [1.54, 1.807) is 11.7 Å². The minimum Gasteiger partial charge on any atom is -0.478 e. The molecule has 1 aromatic rings. The number of aromatic carboxylic acids is 1. The van der Waals surface area contributed by atoms with Crippen molar-refractivity contribution in [2.24, 2.45) is 7.05 Å². The zero-order chi connectivity index (χ0) is 13.3. The molecule has 0 amide bonds. The predicted octanol–water partition coefficient (Wildman–Crippen LogP) is 0.301. The molecule has 2 rings (SSSR count). The lowest BCUT2D eigenvalue weighted by Gasteiger charge is -2.39. The first kappa shape index (κ1) is 13.0. The van der Waals surface area contributed by atoms with Gasteiger partial charge in [-0.05, 0) is 13.8 Å². The van der Waals surface area contributed by atoms with Crippen LogP contribution in [0.4, 0.5) is 0 Å². The lowest BCUT2D eigenvalue weighted by Crippen LogP contribution is -2.54. The number of piperazine rings is 1. The van der Waals surface area contributed by atoms with E-state index in [-0.39, 0.29) is 0 Å². The van der Waals surface area contributed by atoms with E-state index < -0.39 is 5.97 Å². The molecule has 1 aliphatic heterocycles. The average Bonchev–Trinajstić information content (AvgIpc) is 2.66. The molecule has 0 saturated carbocycles. The van der Waals surface area contributed by atoms with Gasteiger partial charge in [-0.15, -0.1) is 0 Å². The van der Waals surface area contributed by atoms with E-state index >= 15 is 0 Å². The first-order valence-electron chi connectivity index (χ1n) is 6.21. The number of carboxylic acid groups (broad SMARTS) is 1. The van der Waals surface area contributed by atoms with Crippen LogP contribution in [0.15, 0.2) is 6.20 Å². The number of carboxylic acids is 1. The van der Waals surface area contributed by atoms with E-state index in [2.05, 4.69) is 29.2 Å². The maximum absolute atomic E-state index is 11.2. The second-order valence-electron chi connectivity index (χ2n) is 4.96. The Balaban J connectivity index is 2.22. The van der Waals surface area contributed by atoms with E-state index in [9.17, 15) is 4.79 Å². The van der Waals surface area contributed by atoms with Gasteiger partial charge in [-0.3, -0.25) is 9.58 Å². The number of hydrogen-bond acceptors (Lipinski definition) is 4. The number of hydrogen-bond donors (Lipinski definition) is 2. The Bertz CT molecular complexity index is 433. The molecular formula is C12H20N4O2. The van der Waals surface area contributed by atoms with Gasteiger partial charge in [0.1, 0.15) is 5.56 Å². The van der Waals surface area contributed by atoms with Crippen LogP contribution in [0, 0.1) is 0 Å². The summed E-state index contributed by atoms with van der Waals surface area (Å²) < 4.78 is 1.66. The van der Waals surface area contributed by atoms with Crippen LogP contribution >= 0.6 is 0 Å². The maximum Gasteiger partial charge on any atom is 0.339 e. The monoisotopic (exact) mass is 252 g/mol. The molecule has 0 aromatic carbocycles. The molecule has 0 radical (unpaired) electrons. The molecule has 100 valence electrons. The molecule has 2 heterocycles. The molecule has 6 heteroatoms. The third-order valence-corrected chi connectivity index (χ3v) is 3.64. The van der Waals surface area contributed by atoms with Crippen LogP contribution < -0.4 is 5.32 Å². The van der Waals surface area contributed by atoms with E-state index in [0.717, 1.165) is 18.8 Å². The highest BCUT2D eigenvalue weighted by Gasteiger charge is 2.27. The van der Waals surface area contributed by atoms with Crippen molar-refractivity contribution in [3.05, 3.63) is 17.5 Å². The van der Waals surface area contributed by atoms with Crippen LogP contribution in [0.1, 0.15) is 29.9 Å². The van der Waals surface area contributed by atoms with Crippen LogP contribution in [-0.2, 0) is 13.6 Å². The van der Waals surface area contributed by atoms with E-state index in [1.165, 1.54) is 6.20 Å². The Morgan fingerprint density at radius 3 is 2.67 bits per heavy atom. The fourth-order valence-corrected chi connectivity index (χ4v) is 2.48. The van der Waals surface area contributed by atoms with Crippen LogP contribution in [0.2, 0.25) is 0 Å². The highest BCUT2D eigenvalue weighted by Crippen LogP contribution is 2.17. The van der Waals surface area contributed by atoms with Crippen molar-refractivity contribution >= 4 is 5.97 Å². The summed E-state index contributed by atoms with van der Waals surface area (Å²) in [5, 5.41) is 16.6. The fraction of sp³-hybridized carbons (Fsp3) is 0.667. The summed E-state index contributed by atoms with van der Waals surface area (Å²) in [6, 6.07) is 0.788. The van der Waals surface area contributed by atoms with Crippen molar-refractivity contribution in [3.8, 4) is 0 Å². The summed E-state index contributed by atoms with van der Waals surface area (Å²) in [5.74, 6) is -0.909. The van der Waals surface area contributed by atoms with Gasteiger partial charge in [0, 0.05) is 38.8 Å². The summed E-state index contributed by atoms with van der Waals surface area (Å²) >= 11 is 0. The minimum atomic E-state index is -0.909.